The summed E-state index contributed by atoms with van der Waals surface area (Å²) in [5.74, 6) is -0.581. The van der Waals surface area contributed by atoms with Gasteiger partial charge in [-0.1, -0.05) is 276 Å². The molecule has 0 radical (unpaired) electrons. The maximum Gasteiger partial charge on any atom is 0.249 e. The van der Waals surface area contributed by atoms with Gasteiger partial charge in [0, 0.05) is 0 Å². The fourth-order valence-electron chi connectivity index (χ4n) is 8.79. The molecule has 0 spiro atoms. The van der Waals surface area contributed by atoms with Crippen molar-refractivity contribution in [2.24, 2.45) is 0 Å². The van der Waals surface area contributed by atoms with Crippen molar-refractivity contribution in [3.8, 4) is 0 Å². The van der Waals surface area contributed by atoms with E-state index in [1.807, 2.05) is 0 Å². The summed E-state index contributed by atoms with van der Waals surface area (Å²) in [6.07, 6.45) is 61.1. The van der Waals surface area contributed by atoms with Crippen molar-refractivity contribution in [1.82, 2.24) is 5.32 Å². The standard InChI is InChI=1S/C56H109NO5/c1-3-5-7-9-11-13-15-17-18-19-20-21-22-23-24-25-26-27-28-29-30-31-32-33-34-35-36-37-38-40-42-44-46-48-50-54(60)56(62)57-52(51-58)55(61)53(59)49-47-45-43-41-39-16-14-12-10-8-6-4-2/h22-23,25-26,52-55,58-61H,3-21,24,27-51H2,1-2H3,(H,57,62)/b23-22-,26-25-. The zero-order chi connectivity index (χ0) is 45.2. The Labute approximate surface area is 386 Å². The third-order valence-electron chi connectivity index (χ3n) is 13.2. The molecule has 1 amide bonds. The zero-order valence-corrected chi connectivity index (χ0v) is 41.6. The van der Waals surface area contributed by atoms with E-state index in [0.29, 0.717) is 12.8 Å². The number of hydrogen-bond acceptors (Lipinski definition) is 5. The number of carbonyl (C=O) groups is 1. The number of hydrogen-bond donors (Lipinski definition) is 5. The lowest BCUT2D eigenvalue weighted by Gasteiger charge is -2.27. The second-order valence-corrected chi connectivity index (χ2v) is 19.3. The predicted octanol–water partition coefficient (Wildman–Crippen LogP) is 15.9. The van der Waals surface area contributed by atoms with Crippen LogP contribution in [0.4, 0.5) is 0 Å². The Morgan fingerprint density at radius 2 is 0.694 bits per heavy atom. The number of carbonyl (C=O) groups excluding carboxylic acids is 1. The fraction of sp³-hybridized carbons (Fsp3) is 0.911. The van der Waals surface area contributed by atoms with E-state index in [4.69, 9.17) is 0 Å². The summed E-state index contributed by atoms with van der Waals surface area (Å²) in [6.45, 7) is 4.06. The smallest absolute Gasteiger partial charge is 0.249 e. The molecular weight excluding hydrogens is 767 g/mol. The maximum absolute atomic E-state index is 12.6. The van der Waals surface area contributed by atoms with E-state index in [9.17, 15) is 25.2 Å². The summed E-state index contributed by atoms with van der Waals surface area (Å²) >= 11 is 0. The first-order valence-electron chi connectivity index (χ1n) is 27.7. The molecule has 0 bridgehead atoms. The van der Waals surface area contributed by atoms with Gasteiger partial charge in [0.15, 0.2) is 0 Å². The van der Waals surface area contributed by atoms with Crippen LogP contribution in [0.2, 0.25) is 0 Å². The molecule has 0 aliphatic carbocycles. The molecule has 0 aromatic heterocycles. The van der Waals surface area contributed by atoms with Crippen LogP contribution in [-0.2, 0) is 4.79 Å². The molecule has 4 unspecified atom stereocenters. The Bertz CT molecular complexity index is 939. The number of aliphatic hydroxyl groups excluding tert-OH is 4. The SMILES string of the molecule is CCCCCCCCCCCCC/C=C\C/C=C\CCCCCCCCCCCCCCCCCCC(O)C(=O)NC(CO)C(O)C(O)CCCCCCCCCCCCCC. The summed E-state index contributed by atoms with van der Waals surface area (Å²) < 4.78 is 0. The zero-order valence-electron chi connectivity index (χ0n) is 41.6. The first-order chi connectivity index (χ1) is 30.5. The highest BCUT2D eigenvalue weighted by Gasteiger charge is 2.28. The van der Waals surface area contributed by atoms with E-state index in [1.165, 1.54) is 225 Å². The molecule has 0 aliphatic rings. The van der Waals surface area contributed by atoms with Gasteiger partial charge < -0.3 is 25.7 Å². The van der Waals surface area contributed by atoms with E-state index in [1.54, 1.807) is 0 Å². The number of nitrogens with one attached hydrogen (secondary N) is 1. The molecular formula is C56H109NO5. The minimum Gasteiger partial charge on any atom is -0.394 e. The Balaban J connectivity index is 3.54. The van der Waals surface area contributed by atoms with Crippen LogP contribution in [0.3, 0.4) is 0 Å². The highest BCUT2D eigenvalue weighted by molar-refractivity contribution is 5.80. The third kappa shape index (κ3) is 44.0. The number of allylic oxidation sites excluding steroid dienone is 4. The molecule has 4 atom stereocenters. The lowest BCUT2D eigenvalue weighted by atomic mass is 9.99. The molecule has 5 N–H and O–H groups in total. The van der Waals surface area contributed by atoms with Gasteiger partial charge in [0.1, 0.15) is 12.2 Å². The molecule has 62 heavy (non-hydrogen) atoms. The van der Waals surface area contributed by atoms with Crippen molar-refractivity contribution in [1.29, 1.82) is 0 Å². The fourth-order valence-corrected chi connectivity index (χ4v) is 8.79. The first-order valence-corrected chi connectivity index (χ1v) is 27.7. The van der Waals surface area contributed by atoms with E-state index in [0.717, 1.165) is 44.9 Å². The van der Waals surface area contributed by atoms with Crippen molar-refractivity contribution in [2.45, 2.75) is 321 Å². The van der Waals surface area contributed by atoms with E-state index >= 15 is 0 Å². The average Bonchev–Trinajstić information content (AvgIpc) is 3.28. The number of aliphatic hydroxyl groups is 4. The Kier molecular flexibility index (Phi) is 49.8. The summed E-state index contributed by atoms with van der Waals surface area (Å²) in [6, 6.07) is -0.982. The molecule has 6 nitrogen and oxygen atoms in total. The quantitative estimate of drug-likeness (QED) is 0.0309. The third-order valence-corrected chi connectivity index (χ3v) is 13.2. The van der Waals surface area contributed by atoms with Gasteiger partial charge in [-0.2, -0.15) is 0 Å². The maximum atomic E-state index is 12.6. The van der Waals surface area contributed by atoms with Gasteiger partial charge in [-0.3, -0.25) is 4.79 Å². The molecule has 0 saturated carbocycles. The first kappa shape index (κ1) is 60.8. The van der Waals surface area contributed by atoms with Crippen molar-refractivity contribution in [2.75, 3.05) is 6.61 Å². The van der Waals surface area contributed by atoms with E-state index in [-0.39, 0.29) is 0 Å². The summed E-state index contributed by atoms with van der Waals surface area (Å²) in [7, 11) is 0. The molecule has 368 valence electrons. The normalized spacial score (nSPS) is 14.0. The van der Waals surface area contributed by atoms with Crippen molar-refractivity contribution >= 4 is 5.91 Å². The molecule has 0 heterocycles. The molecule has 0 fully saturated rings. The topological polar surface area (TPSA) is 110 Å². The van der Waals surface area contributed by atoms with Gasteiger partial charge in [-0.05, 0) is 44.9 Å². The van der Waals surface area contributed by atoms with Gasteiger partial charge in [0.05, 0.1) is 18.8 Å². The Morgan fingerprint density at radius 1 is 0.403 bits per heavy atom. The second kappa shape index (κ2) is 50.8. The van der Waals surface area contributed by atoms with E-state index in [2.05, 4.69) is 43.5 Å². The van der Waals surface area contributed by atoms with Crippen molar-refractivity contribution in [3.05, 3.63) is 24.3 Å². The van der Waals surface area contributed by atoms with Crippen LogP contribution >= 0.6 is 0 Å². The minimum atomic E-state index is -1.26. The monoisotopic (exact) mass is 876 g/mol. The van der Waals surface area contributed by atoms with Crippen LogP contribution in [0, 0.1) is 0 Å². The van der Waals surface area contributed by atoms with Gasteiger partial charge >= 0.3 is 0 Å². The van der Waals surface area contributed by atoms with Crippen LogP contribution in [0.1, 0.15) is 296 Å². The largest absolute Gasteiger partial charge is 0.394 e. The summed E-state index contributed by atoms with van der Waals surface area (Å²) in [4.78, 5) is 12.6. The second-order valence-electron chi connectivity index (χ2n) is 19.3. The predicted molar refractivity (Wildman–Crippen MR) is 270 cm³/mol. The number of unbranched alkanes of at least 4 members (excludes halogenated alkanes) is 38. The van der Waals surface area contributed by atoms with Crippen LogP contribution in [0.5, 0.6) is 0 Å². The average molecular weight is 876 g/mol. The van der Waals surface area contributed by atoms with Gasteiger partial charge in [-0.25, -0.2) is 0 Å². The molecule has 6 heteroatoms. The molecule has 0 rings (SSSR count). The lowest BCUT2D eigenvalue weighted by Crippen LogP contribution is -2.53. The minimum absolute atomic E-state index is 0.371. The Hall–Kier alpha value is -1.21. The van der Waals surface area contributed by atoms with Crippen molar-refractivity contribution in [3.63, 3.8) is 0 Å². The highest BCUT2D eigenvalue weighted by Crippen LogP contribution is 2.18. The van der Waals surface area contributed by atoms with E-state index < -0.39 is 36.9 Å². The highest BCUT2D eigenvalue weighted by atomic mass is 16.3. The summed E-state index contributed by atoms with van der Waals surface area (Å²) in [5.41, 5.74) is 0. The Morgan fingerprint density at radius 3 is 1.02 bits per heavy atom. The number of rotatable bonds is 51. The molecule has 0 saturated heterocycles. The van der Waals surface area contributed by atoms with Gasteiger partial charge in [0.2, 0.25) is 5.91 Å². The molecule has 0 aliphatic heterocycles. The van der Waals surface area contributed by atoms with Crippen LogP contribution in [0.25, 0.3) is 0 Å². The van der Waals surface area contributed by atoms with Crippen LogP contribution in [-0.4, -0.2) is 57.3 Å². The summed E-state index contributed by atoms with van der Waals surface area (Å²) in [5, 5.41) is 43.8. The van der Waals surface area contributed by atoms with Crippen molar-refractivity contribution < 1.29 is 25.2 Å². The van der Waals surface area contributed by atoms with Crippen LogP contribution < -0.4 is 5.32 Å². The van der Waals surface area contributed by atoms with Crippen LogP contribution in [0.15, 0.2) is 24.3 Å². The molecule has 0 aromatic carbocycles. The number of amides is 1. The molecule has 0 aromatic rings. The van der Waals surface area contributed by atoms with Gasteiger partial charge in [-0.15, -0.1) is 0 Å². The van der Waals surface area contributed by atoms with Gasteiger partial charge in [0.25, 0.3) is 0 Å². The lowest BCUT2D eigenvalue weighted by molar-refractivity contribution is -0.132.